The molecule has 17 heavy (non-hydrogen) atoms. The molecule has 1 aromatic heterocycles. The Balaban J connectivity index is 2.55. The Hall–Kier alpha value is -1.32. The number of aryl methyl sites for hydroxylation is 1. The number of nitrogens with zero attached hydrogens (tertiary/aromatic N) is 2. The molecule has 0 radical (unpaired) electrons. The van der Waals surface area contributed by atoms with E-state index in [1.807, 2.05) is 13.2 Å². The summed E-state index contributed by atoms with van der Waals surface area (Å²) in [5, 5.41) is 14.0. The van der Waals surface area contributed by atoms with Gasteiger partial charge in [-0.15, -0.1) is 0 Å². The number of aromatic nitrogens is 2. The Morgan fingerprint density at radius 3 is 2.41 bits per heavy atom. The molecule has 4 heteroatoms. The van der Waals surface area contributed by atoms with Crippen LogP contribution in [0.3, 0.4) is 0 Å². The summed E-state index contributed by atoms with van der Waals surface area (Å²) in [6, 6.07) is 0. The largest absolute Gasteiger partial charge is 0.481 e. The highest BCUT2D eigenvalue weighted by atomic mass is 16.4. The molecule has 0 unspecified atom stereocenters. The second kappa shape index (κ2) is 3.59. The van der Waals surface area contributed by atoms with Crippen molar-refractivity contribution in [1.82, 2.24) is 9.78 Å². The van der Waals surface area contributed by atoms with Crippen LogP contribution in [-0.4, -0.2) is 20.9 Å². The Kier molecular flexibility index (Phi) is 2.56. The van der Waals surface area contributed by atoms with E-state index in [1.165, 1.54) is 0 Å². The normalized spacial score (nSPS) is 18.8. The van der Waals surface area contributed by atoms with Crippen molar-refractivity contribution in [2.24, 2.45) is 7.05 Å². The van der Waals surface area contributed by atoms with Crippen LogP contribution in [0.5, 0.6) is 0 Å². The van der Waals surface area contributed by atoms with Gasteiger partial charge in [-0.1, -0.05) is 27.2 Å². The molecule has 0 saturated heterocycles. The SMILES string of the molecule is Cn1cc(C2(C(=O)O)CCC2)c(C(C)(C)C)n1. The molecule has 0 amide bonds. The average molecular weight is 236 g/mol. The van der Waals surface area contributed by atoms with Gasteiger partial charge in [0, 0.05) is 24.2 Å². The van der Waals surface area contributed by atoms with E-state index in [0.717, 1.165) is 30.5 Å². The van der Waals surface area contributed by atoms with Gasteiger partial charge in [0.25, 0.3) is 0 Å². The van der Waals surface area contributed by atoms with E-state index < -0.39 is 11.4 Å². The minimum Gasteiger partial charge on any atom is -0.481 e. The summed E-state index contributed by atoms with van der Waals surface area (Å²) in [5.74, 6) is -0.706. The number of carboxylic acids is 1. The molecule has 1 N–H and O–H groups in total. The lowest BCUT2D eigenvalue weighted by atomic mass is 9.63. The van der Waals surface area contributed by atoms with E-state index in [2.05, 4.69) is 25.9 Å². The lowest BCUT2D eigenvalue weighted by molar-refractivity contribution is -0.147. The van der Waals surface area contributed by atoms with E-state index >= 15 is 0 Å². The van der Waals surface area contributed by atoms with Crippen LogP contribution >= 0.6 is 0 Å². The quantitative estimate of drug-likeness (QED) is 0.856. The first-order valence-electron chi connectivity index (χ1n) is 6.05. The molecule has 1 aliphatic rings. The van der Waals surface area contributed by atoms with Crippen molar-refractivity contribution in [2.45, 2.75) is 50.9 Å². The first-order valence-corrected chi connectivity index (χ1v) is 6.05. The van der Waals surface area contributed by atoms with Crippen molar-refractivity contribution in [3.05, 3.63) is 17.5 Å². The molecule has 1 fully saturated rings. The Labute approximate surface area is 102 Å². The molecule has 4 nitrogen and oxygen atoms in total. The monoisotopic (exact) mass is 236 g/mol. The zero-order valence-electron chi connectivity index (χ0n) is 10.9. The predicted molar refractivity (Wildman–Crippen MR) is 65.1 cm³/mol. The molecule has 1 heterocycles. The van der Waals surface area contributed by atoms with Crippen LogP contribution in [0.15, 0.2) is 6.20 Å². The molecule has 0 spiro atoms. The van der Waals surface area contributed by atoms with Crippen molar-refractivity contribution >= 4 is 5.97 Å². The third-order valence-corrected chi connectivity index (χ3v) is 3.67. The first kappa shape index (κ1) is 12.1. The van der Waals surface area contributed by atoms with Crippen molar-refractivity contribution in [2.75, 3.05) is 0 Å². The van der Waals surface area contributed by atoms with Crippen LogP contribution < -0.4 is 0 Å². The van der Waals surface area contributed by atoms with Crippen molar-refractivity contribution in [3.63, 3.8) is 0 Å². The molecule has 0 aromatic carbocycles. The fourth-order valence-corrected chi connectivity index (χ4v) is 2.52. The number of carbonyl (C=O) groups is 1. The van der Waals surface area contributed by atoms with Gasteiger partial charge in [0.1, 0.15) is 0 Å². The third-order valence-electron chi connectivity index (χ3n) is 3.67. The zero-order chi connectivity index (χ0) is 12.8. The molecule has 1 aliphatic carbocycles. The maximum absolute atomic E-state index is 11.6. The van der Waals surface area contributed by atoms with Gasteiger partial charge in [-0.25, -0.2) is 0 Å². The van der Waals surface area contributed by atoms with E-state index in [0.29, 0.717) is 0 Å². The van der Waals surface area contributed by atoms with Crippen LogP contribution in [0, 0.1) is 0 Å². The second-order valence-corrected chi connectivity index (χ2v) is 6.06. The molecule has 0 atom stereocenters. The molecule has 94 valence electrons. The smallest absolute Gasteiger partial charge is 0.314 e. The van der Waals surface area contributed by atoms with Gasteiger partial charge in [-0.05, 0) is 12.8 Å². The molecule has 0 bridgehead atoms. The summed E-state index contributed by atoms with van der Waals surface area (Å²) in [6.07, 6.45) is 4.34. The number of aliphatic carboxylic acids is 1. The van der Waals surface area contributed by atoms with Crippen molar-refractivity contribution in [1.29, 1.82) is 0 Å². The molecular formula is C13H20N2O2. The Bertz CT molecular complexity index is 450. The minimum atomic E-state index is -0.706. The van der Waals surface area contributed by atoms with Crippen molar-refractivity contribution in [3.8, 4) is 0 Å². The summed E-state index contributed by atoms with van der Waals surface area (Å²) >= 11 is 0. The summed E-state index contributed by atoms with van der Waals surface area (Å²) < 4.78 is 1.74. The van der Waals surface area contributed by atoms with Crippen molar-refractivity contribution < 1.29 is 9.90 Å². The van der Waals surface area contributed by atoms with E-state index in [9.17, 15) is 9.90 Å². The summed E-state index contributed by atoms with van der Waals surface area (Å²) in [5.41, 5.74) is 1.03. The highest BCUT2D eigenvalue weighted by Gasteiger charge is 2.49. The fraction of sp³-hybridized carbons (Fsp3) is 0.692. The topological polar surface area (TPSA) is 55.1 Å². The maximum Gasteiger partial charge on any atom is 0.314 e. The van der Waals surface area contributed by atoms with Gasteiger partial charge < -0.3 is 5.11 Å². The summed E-state index contributed by atoms with van der Waals surface area (Å²) in [7, 11) is 1.85. The third kappa shape index (κ3) is 1.75. The van der Waals surface area contributed by atoms with E-state index in [4.69, 9.17) is 0 Å². The predicted octanol–water partition coefficient (Wildman–Crippen LogP) is 2.22. The van der Waals surface area contributed by atoms with Gasteiger partial charge in [-0.2, -0.15) is 5.10 Å². The standard InChI is InChI=1S/C13H20N2O2/c1-12(2,3)10-9(8-15(4)14-10)13(11(16)17)6-5-7-13/h8H,5-7H2,1-4H3,(H,16,17). The highest BCUT2D eigenvalue weighted by molar-refractivity contribution is 5.83. The summed E-state index contributed by atoms with van der Waals surface area (Å²) in [6.45, 7) is 6.23. The number of hydrogen-bond acceptors (Lipinski definition) is 2. The minimum absolute atomic E-state index is 0.116. The number of hydrogen-bond donors (Lipinski definition) is 1. The van der Waals surface area contributed by atoms with Gasteiger partial charge in [0.15, 0.2) is 0 Å². The number of rotatable bonds is 2. The second-order valence-electron chi connectivity index (χ2n) is 6.06. The van der Waals surface area contributed by atoms with Crippen LogP contribution in [0.4, 0.5) is 0 Å². The zero-order valence-corrected chi connectivity index (χ0v) is 10.9. The lowest BCUT2D eigenvalue weighted by Crippen LogP contribution is -2.43. The number of carboxylic acid groups (broad SMARTS) is 1. The fourth-order valence-electron chi connectivity index (χ4n) is 2.52. The van der Waals surface area contributed by atoms with Gasteiger partial charge in [-0.3, -0.25) is 9.48 Å². The average Bonchev–Trinajstić information content (AvgIpc) is 2.43. The molecule has 1 saturated carbocycles. The summed E-state index contributed by atoms with van der Waals surface area (Å²) in [4.78, 5) is 11.6. The van der Waals surface area contributed by atoms with Gasteiger partial charge in [0.2, 0.25) is 0 Å². The van der Waals surface area contributed by atoms with E-state index in [1.54, 1.807) is 4.68 Å². The van der Waals surface area contributed by atoms with Crippen LogP contribution in [0.2, 0.25) is 0 Å². The van der Waals surface area contributed by atoms with Crippen LogP contribution in [0.25, 0.3) is 0 Å². The molecule has 1 aromatic rings. The maximum atomic E-state index is 11.6. The van der Waals surface area contributed by atoms with Crippen LogP contribution in [-0.2, 0) is 22.7 Å². The first-order chi connectivity index (χ1) is 7.77. The molecule has 2 rings (SSSR count). The van der Waals surface area contributed by atoms with E-state index in [-0.39, 0.29) is 5.41 Å². The molecular weight excluding hydrogens is 216 g/mol. The molecule has 0 aliphatic heterocycles. The van der Waals surface area contributed by atoms with Gasteiger partial charge in [0.05, 0.1) is 11.1 Å². The Morgan fingerprint density at radius 1 is 1.47 bits per heavy atom. The lowest BCUT2D eigenvalue weighted by Gasteiger charge is -2.38. The van der Waals surface area contributed by atoms with Crippen LogP contribution in [0.1, 0.15) is 51.3 Å². The Morgan fingerprint density at radius 2 is 2.06 bits per heavy atom. The van der Waals surface area contributed by atoms with Gasteiger partial charge >= 0.3 is 5.97 Å². The highest BCUT2D eigenvalue weighted by Crippen LogP contribution is 2.46.